The maximum absolute atomic E-state index is 10.7. The number of hydrogen-bond acceptors (Lipinski definition) is 4. The average molecular weight is 350 g/mol. The summed E-state index contributed by atoms with van der Waals surface area (Å²) in [6.45, 7) is 0.258. The number of rotatable bonds is 8. The summed E-state index contributed by atoms with van der Waals surface area (Å²) in [5, 5.41) is 7.82. The molecule has 0 heterocycles. The summed E-state index contributed by atoms with van der Waals surface area (Å²) in [5.74, 6) is -0.381. The molecule has 4 N–H and O–H groups in total. The fraction of sp³-hybridized carbons (Fsp3) is 0.353. The van der Waals surface area contributed by atoms with E-state index in [9.17, 15) is 8.42 Å². The molecular weight excluding hydrogens is 328 g/mol. The summed E-state index contributed by atoms with van der Waals surface area (Å²) >= 11 is 0. The summed E-state index contributed by atoms with van der Waals surface area (Å²) in [4.78, 5) is 0. The van der Waals surface area contributed by atoms with E-state index in [1.807, 2.05) is 42.5 Å². The molecule has 2 rings (SSSR count). The van der Waals surface area contributed by atoms with Crippen molar-refractivity contribution in [3.63, 3.8) is 0 Å². The second-order valence-corrected chi connectivity index (χ2v) is 7.28. The minimum atomic E-state index is -3.94. The van der Waals surface area contributed by atoms with Gasteiger partial charge in [0.05, 0.1) is 5.75 Å². The SMILES string of the molecule is N=C(N)C1(OCCCCS(=O)(=O)O)C=CC(c2ccccc2)=CC1. The van der Waals surface area contributed by atoms with Gasteiger partial charge >= 0.3 is 0 Å². The molecule has 1 aromatic rings. The average Bonchev–Trinajstić information content (AvgIpc) is 2.54. The molecule has 24 heavy (non-hydrogen) atoms. The van der Waals surface area contributed by atoms with Crippen LogP contribution >= 0.6 is 0 Å². The highest BCUT2D eigenvalue weighted by molar-refractivity contribution is 7.85. The zero-order valence-electron chi connectivity index (χ0n) is 13.3. The Hall–Kier alpha value is -1.96. The summed E-state index contributed by atoms with van der Waals surface area (Å²) in [5.41, 5.74) is 6.85. The van der Waals surface area contributed by atoms with E-state index in [1.54, 1.807) is 6.08 Å². The number of nitrogens with one attached hydrogen (secondary N) is 1. The number of unbranched alkanes of at least 4 members (excludes halogenated alkanes) is 1. The van der Waals surface area contributed by atoms with Crippen LogP contribution in [0.1, 0.15) is 24.8 Å². The molecule has 1 aromatic carbocycles. The van der Waals surface area contributed by atoms with Gasteiger partial charge in [-0.15, -0.1) is 0 Å². The predicted octanol–water partition coefficient (Wildman–Crippen LogP) is 2.39. The first-order valence-corrected chi connectivity index (χ1v) is 9.32. The zero-order chi connectivity index (χ0) is 17.6. The van der Waals surface area contributed by atoms with Gasteiger partial charge in [-0.05, 0) is 30.1 Å². The van der Waals surface area contributed by atoms with E-state index in [0.29, 0.717) is 19.3 Å². The van der Waals surface area contributed by atoms with E-state index in [2.05, 4.69) is 0 Å². The predicted molar refractivity (Wildman–Crippen MR) is 94.4 cm³/mol. The van der Waals surface area contributed by atoms with Gasteiger partial charge in [-0.1, -0.05) is 42.5 Å². The van der Waals surface area contributed by atoms with Gasteiger partial charge in [-0.2, -0.15) is 8.42 Å². The molecule has 7 heteroatoms. The van der Waals surface area contributed by atoms with Gasteiger partial charge in [0.2, 0.25) is 0 Å². The molecule has 0 bridgehead atoms. The van der Waals surface area contributed by atoms with Gasteiger partial charge in [-0.3, -0.25) is 9.96 Å². The number of amidine groups is 1. The molecule has 0 fully saturated rings. The van der Waals surface area contributed by atoms with Gasteiger partial charge < -0.3 is 10.5 Å². The zero-order valence-corrected chi connectivity index (χ0v) is 14.1. The Bertz CT molecular complexity index is 741. The lowest BCUT2D eigenvalue weighted by Crippen LogP contribution is -2.45. The largest absolute Gasteiger partial charge is 0.385 e. The van der Waals surface area contributed by atoms with Crippen molar-refractivity contribution in [1.29, 1.82) is 5.41 Å². The molecule has 1 atom stereocenters. The van der Waals surface area contributed by atoms with Crippen molar-refractivity contribution in [1.82, 2.24) is 0 Å². The highest BCUT2D eigenvalue weighted by Crippen LogP contribution is 2.29. The number of nitrogens with two attached hydrogens (primary N) is 1. The van der Waals surface area contributed by atoms with Crippen molar-refractivity contribution in [3.05, 3.63) is 54.1 Å². The summed E-state index contributed by atoms with van der Waals surface area (Å²) in [6.07, 6.45) is 6.84. The third kappa shape index (κ3) is 5.02. The standard InChI is InChI=1S/C17H22N2O4S/c18-16(19)17(23-12-4-5-13-24(20,21)22)10-8-15(9-11-17)14-6-2-1-3-7-14/h1-3,6-10H,4-5,11-13H2,(H3,18,19)(H,20,21,22). The highest BCUT2D eigenvalue weighted by Gasteiger charge is 2.33. The van der Waals surface area contributed by atoms with E-state index in [-0.39, 0.29) is 18.2 Å². The quantitative estimate of drug-likeness (QED) is 0.288. The van der Waals surface area contributed by atoms with Crippen LogP contribution in [0.4, 0.5) is 0 Å². The smallest absolute Gasteiger partial charge is 0.264 e. The topological polar surface area (TPSA) is 113 Å². The Morgan fingerprint density at radius 2 is 2.00 bits per heavy atom. The number of allylic oxidation sites excluding steroid dienone is 2. The normalized spacial score (nSPS) is 20.6. The Labute approximate surface area is 142 Å². The first kappa shape index (κ1) is 18.4. The van der Waals surface area contributed by atoms with E-state index in [4.69, 9.17) is 20.4 Å². The van der Waals surface area contributed by atoms with Crippen molar-refractivity contribution in [2.75, 3.05) is 12.4 Å². The van der Waals surface area contributed by atoms with E-state index in [0.717, 1.165) is 11.1 Å². The van der Waals surface area contributed by atoms with Crippen molar-refractivity contribution in [3.8, 4) is 0 Å². The Kier molecular flexibility index (Phi) is 5.93. The molecule has 0 aromatic heterocycles. The van der Waals surface area contributed by atoms with Crippen LogP contribution in [0.25, 0.3) is 5.57 Å². The van der Waals surface area contributed by atoms with Crippen molar-refractivity contribution >= 4 is 21.5 Å². The van der Waals surface area contributed by atoms with Crippen LogP contribution in [0.5, 0.6) is 0 Å². The molecule has 0 saturated carbocycles. The molecule has 0 amide bonds. The third-order valence-electron chi connectivity index (χ3n) is 3.88. The van der Waals surface area contributed by atoms with Crippen LogP contribution in [-0.4, -0.2) is 36.8 Å². The lowest BCUT2D eigenvalue weighted by molar-refractivity contribution is 0.0406. The molecule has 0 spiro atoms. The van der Waals surface area contributed by atoms with Crippen LogP contribution < -0.4 is 5.73 Å². The molecule has 0 radical (unpaired) electrons. The Morgan fingerprint density at radius 1 is 1.29 bits per heavy atom. The first-order chi connectivity index (χ1) is 11.3. The molecule has 1 aliphatic carbocycles. The van der Waals surface area contributed by atoms with Crippen molar-refractivity contribution < 1.29 is 17.7 Å². The van der Waals surface area contributed by atoms with Gasteiger partial charge in [0.1, 0.15) is 11.4 Å². The second kappa shape index (κ2) is 7.74. The molecular formula is C17H22N2O4S. The van der Waals surface area contributed by atoms with Crippen molar-refractivity contribution in [2.45, 2.75) is 24.9 Å². The Balaban J connectivity index is 1.95. The molecule has 6 nitrogen and oxygen atoms in total. The molecule has 1 aliphatic rings. The monoisotopic (exact) mass is 350 g/mol. The summed E-state index contributed by atoms with van der Waals surface area (Å²) < 4.78 is 35.8. The maximum atomic E-state index is 10.7. The first-order valence-electron chi connectivity index (χ1n) is 7.71. The summed E-state index contributed by atoms with van der Waals surface area (Å²) in [6, 6.07) is 9.89. The number of benzene rings is 1. The van der Waals surface area contributed by atoms with Gasteiger partial charge in [0, 0.05) is 13.0 Å². The van der Waals surface area contributed by atoms with Crippen LogP contribution in [0.2, 0.25) is 0 Å². The van der Waals surface area contributed by atoms with E-state index < -0.39 is 15.7 Å². The van der Waals surface area contributed by atoms with E-state index >= 15 is 0 Å². The molecule has 1 unspecified atom stereocenters. The number of hydrogen-bond donors (Lipinski definition) is 3. The van der Waals surface area contributed by atoms with Crippen LogP contribution in [-0.2, 0) is 14.9 Å². The third-order valence-corrected chi connectivity index (χ3v) is 4.68. The lowest BCUT2D eigenvalue weighted by Gasteiger charge is -2.31. The second-order valence-electron chi connectivity index (χ2n) is 5.71. The van der Waals surface area contributed by atoms with Gasteiger partial charge in [0.25, 0.3) is 10.1 Å². The number of ether oxygens (including phenoxy) is 1. The fourth-order valence-corrected chi connectivity index (χ4v) is 3.06. The van der Waals surface area contributed by atoms with Gasteiger partial charge in [-0.25, -0.2) is 0 Å². The Morgan fingerprint density at radius 3 is 2.54 bits per heavy atom. The molecule has 0 aliphatic heterocycles. The minimum Gasteiger partial charge on any atom is -0.385 e. The minimum absolute atomic E-state index is 0.0862. The molecule has 130 valence electrons. The maximum Gasteiger partial charge on any atom is 0.264 e. The lowest BCUT2D eigenvalue weighted by atomic mass is 9.88. The summed E-state index contributed by atoms with van der Waals surface area (Å²) in [7, 11) is -3.94. The van der Waals surface area contributed by atoms with Crippen molar-refractivity contribution in [2.24, 2.45) is 5.73 Å². The van der Waals surface area contributed by atoms with E-state index in [1.165, 1.54) is 0 Å². The molecule has 0 saturated heterocycles. The fourth-order valence-electron chi connectivity index (χ4n) is 2.49. The highest BCUT2D eigenvalue weighted by atomic mass is 32.2. The van der Waals surface area contributed by atoms with Crippen LogP contribution in [0, 0.1) is 5.41 Å². The van der Waals surface area contributed by atoms with Crippen LogP contribution in [0.3, 0.4) is 0 Å². The van der Waals surface area contributed by atoms with Crippen LogP contribution in [0.15, 0.2) is 48.6 Å². The van der Waals surface area contributed by atoms with Gasteiger partial charge in [0.15, 0.2) is 0 Å².